The smallest absolute Gasteiger partial charge is 0.0786 e. The van der Waals surface area contributed by atoms with Gasteiger partial charge in [-0.3, -0.25) is 0 Å². The second-order valence-corrected chi connectivity index (χ2v) is 3.89. The summed E-state index contributed by atoms with van der Waals surface area (Å²) in [5.74, 6) is 1.04. The summed E-state index contributed by atoms with van der Waals surface area (Å²) in [4.78, 5) is 0. The topological polar surface area (TPSA) is 0 Å². The first-order valence-corrected chi connectivity index (χ1v) is 5.83. The highest BCUT2D eigenvalue weighted by molar-refractivity contribution is 7.80. The van der Waals surface area contributed by atoms with Gasteiger partial charge < -0.3 is 16.9 Å². The first-order valence-electron chi connectivity index (χ1n) is 5.20. The third-order valence-electron chi connectivity index (χ3n) is 3.05. The van der Waals surface area contributed by atoms with Gasteiger partial charge >= 0.3 is 0 Å². The Balaban J connectivity index is 0. The lowest BCUT2D eigenvalue weighted by molar-refractivity contribution is -0.923. The van der Waals surface area contributed by atoms with Crippen LogP contribution in [0.5, 0.6) is 0 Å². The van der Waals surface area contributed by atoms with Gasteiger partial charge in [0.15, 0.2) is 0 Å². The molecule has 0 atom stereocenters. The molecule has 0 fully saturated rings. The molecule has 0 aliphatic carbocycles. The van der Waals surface area contributed by atoms with Crippen LogP contribution < -0.4 is 12.4 Å². The number of hydrogen-bond donors (Lipinski definition) is 1. The maximum absolute atomic E-state index is 4.23. The van der Waals surface area contributed by atoms with Crippen molar-refractivity contribution in [1.29, 1.82) is 0 Å². The Kier molecular flexibility index (Phi) is 11.3. The van der Waals surface area contributed by atoms with Gasteiger partial charge in [-0.1, -0.05) is 0 Å². The van der Waals surface area contributed by atoms with E-state index in [2.05, 4.69) is 33.4 Å². The minimum atomic E-state index is 0. The molecule has 0 heterocycles. The molecule has 1 nitrogen and oxygen atoms in total. The van der Waals surface area contributed by atoms with Gasteiger partial charge in [-0.05, 0) is 39.4 Å². The summed E-state index contributed by atoms with van der Waals surface area (Å²) < 4.78 is 1.29. The van der Waals surface area contributed by atoms with Crippen molar-refractivity contribution in [1.82, 2.24) is 0 Å². The fourth-order valence-corrected chi connectivity index (χ4v) is 1.93. The first-order chi connectivity index (χ1) is 5.74. The lowest BCUT2D eigenvalue weighted by Gasteiger charge is -2.35. The van der Waals surface area contributed by atoms with E-state index >= 15 is 0 Å². The molecule has 0 aliphatic heterocycles. The molecule has 0 N–H and O–H groups in total. The van der Waals surface area contributed by atoms with E-state index in [9.17, 15) is 0 Å². The van der Waals surface area contributed by atoms with Gasteiger partial charge in [0.25, 0.3) is 0 Å². The number of nitrogens with zero attached hydrogens (tertiary/aromatic N) is 1. The van der Waals surface area contributed by atoms with Gasteiger partial charge in [0.2, 0.25) is 0 Å². The fourth-order valence-electron chi connectivity index (χ4n) is 1.70. The molecule has 82 valence electrons. The van der Waals surface area contributed by atoms with Gasteiger partial charge in [0.1, 0.15) is 0 Å². The predicted molar refractivity (Wildman–Crippen MR) is 59.8 cm³/mol. The average molecular weight is 226 g/mol. The van der Waals surface area contributed by atoms with E-state index in [4.69, 9.17) is 0 Å². The summed E-state index contributed by atoms with van der Waals surface area (Å²) in [7, 11) is 0. The molecular formula is C10H24ClNS. The molecule has 0 saturated carbocycles. The van der Waals surface area contributed by atoms with Crippen molar-refractivity contribution in [2.24, 2.45) is 0 Å². The van der Waals surface area contributed by atoms with Gasteiger partial charge in [-0.2, -0.15) is 12.6 Å². The van der Waals surface area contributed by atoms with Gasteiger partial charge in [-0.25, -0.2) is 0 Å². The Morgan fingerprint density at radius 2 is 1.38 bits per heavy atom. The van der Waals surface area contributed by atoms with E-state index in [1.165, 1.54) is 43.5 Å². The van der Waals surface area contributed by atoms with E-state index in [1.54, 1.807) is 0 Å². The monoisotopic (exact) mass is 225 g/mol. The number of hydrogen-bond acceptors (Lipinski definition) is 1. The van der Waals surface area contributed by atoms with Crippen LogP contribution in [0.3, 0.4) is 0 Å². The molecule has 3 heteroatoms. The van der Waals surface area contributed by atoms with Crippen LogP contribution in [-0.2, 0) is 0 Å². The minimum absolute atomic E-state index is 0. The number of thiol groups is 1. The zero-order chi connectivity index (χ0) is 9.45. The predicted octanol–water partition coefficient (Wildman–Crippen LogP) is -0.423. The summed E-state index contributed by atoms with van der Waals surface area (Å²) in [6.07, 6.45) is 2.60. The van der Waals surface area contributed by atoms with Gasteiger partial charge in [-0.15, -0.1) is 0 Å². The fraction of sp³-hybridized carbons (Fsp3) is 1.00. The normalized spacial score (nSPS) is 11.1. The van der Waals surface area contributed by atoms with Crippen LogP contribution in [-0.4, -0.2) is 36.4 Å². The summed E-state index contributed by atoms with van der Waals surface area (Å²) in [6.45, 7) is 12.1. The minimum Gasteiger partial charge on any atom is -1.00 e. The zero-order valence-electron chi connectivity index (χ0n) is 9.22. The molecule has 0 unspecified atom stereocenters. The molecule has 0 aromatic rings. The molecule has 13 heavy (non-hydrogen) atoms. The van der Waals surface area contributed by atoms with Crippen LogP contribution in [0.4, 0.5) is 0 Å². The van der Waals surface area contributed by atoms with Crippen LogP contribution in [0.25, 0.3) is 0 Å². The van der Waals surface area contributed by atoms with Crippen molar-refractivity contribution in [3.63, 3.8) is 0 Å². The van der Waals surface area contributed by atoms with Crippen molar-refractivity contribution in [3.8, 4) is 0 Å². The molecule has 0 aliphatic rings. The Morgan fingerprint density at radius 1 is 0.923 bits per heavy atom. The first kappa shape index (κ1) is 16.0. The van der Waals surface area contributed by atoms with Crippen molar-refractivity contribution in [3.05, 3.63) is 0 Å². The molecule has 0 bridgehead atoms. The lowest BCUT2D eigenvalue weighted by Crippen LogP contribution is -3.00. The maximum atomic E-state index is 4.23. The summed E-state index contributed by atoms with van der Waals surface area (Å²) >= 11 is 4.23. The summed E-state index contributed by atoms with van der Waals surface area (Å²) in [6, 6.07) is 0. The number of rotatable bonds is 7. The Morgan fingerprint density at radius 3 is 1.69 bits per heavy atom. The molecule has 0 radical (unpaired) electrons. The van der Waals surface area contributed by atoms with Crippen molar-refractivity contribution in [2.45, 2.75) is 33.6 Å². The van der Waals surface area contributed by atoms with E-state index in [1.807, 2.05) is 0 Å². The Labute approximate surface area is 95.3 Å². The molecule has 0 saturated heterocycles. The summed E-state index contributed by atoms with van der Waals surface area (Å²) in [5, 5.41) is 0. The second kappa shape index (κ2) is 9.17. The highest BCUT2D eigenvalue weighted by atomic mass is 35.5. The standard InChI is InChI=1S/C10H23NS.ClH/c1-4-11(5-2,6-3)9-7-8-10-12;/h4-10H2,1-3H3;1H. The lowest BCUT2D eigenvalue weighted by atomic mass is 10.2. The number of halogens is 1. The second-order valence-electron chi connectivity index (χ2n) is 3.44. The molecule has 0 amide bonds. The highest BCUT2D eigenvalue weighted by Gasteiger charge is 2.18. The highest BCUT2D eigenvalue weighted by Crippen LogP contribution is 2.08. The average Bonchev–Trinajstić information content (AvgIpc) is 2.14. The van der Waals surface area contributed by atoms with Crippen molar-refractivity contribution < 1.29 is 16.9 Å². The third-order valence-corrected chi connectivity index (χ3v) is 3.37. The zero-order valence-corrected chi connectivity index (χ0v) is 10.9. The van der Waals surface area contributed by atoms with E-state index in [-0.39, 0.29) is 12.4 Å². The van der Waals surface area contributed by atoms with Crippen LogP contribution >= 0.6 is 12.6 Å². The quantitative estimate of drug-likeness (QED) is 0.340. The van der Waals surface area contributed by atoms with E-state index < -0.39 is 0 Å². The SMILES string of the molecule is CC[N+](CC)(CC)CCCCS.[Cl-]. The van der Waals surface area contributed by atoms with Gasteiger partial charge in [0, 0.05) is 0 Å². The van der Waals surface area contributed by atoms with E-state index in [0.29, 0.717) is 0 Å². The molecule has 0 rings (SSSR count). The number of quaternary nitrogens is 1. The largest absolute Gasteiger partial charge is 1.00 e. The third kappa shape index (κ3) is 5.82. The molecule has 0 aromatic carbocycles. The van der Waals surface area contributed by atoms with Crippen LogP contribution in [0.15, 0.2) is 0 Å². The van der Waals surface area contributed by atoms with Crippen LogP contribution in [0, 0.1) is 0 Å². The Hall–Kier alpha value is 0.600. The van der Waals surface area contributed by atoms with Crippen molar-refractivity contribution in [2.75, 3.05) is 31.9 Å². The number of unbranched alkanes of at least 4 members (excludes halogenated alkanes) is 1. The molecule has 0 aromatic heterocycles. The summed E-state index contributed by atoms with van der Waals surface area (Å²) in [5.41, 5.74) is 0. The molecular weight excluding hydrogens is 202 g/mol. The Bertz CT molecular complexity index is 96.8. The van der Waals surface area contributed by atoms with Crippen molar-refractivity contribution >= 4 is 12.6 Å². The van der Waals surface area contributed by atoms with Crippen LogP contribution in [0.2, 0.25) is 0 Å². The van der Waals surface area contributed by atoms with Gasteiger partial charge in [0.05, 0.1) is 26.2 Å². The van der Waals surface area contributed by atoms with Crippen LogP contribution in [0.1, 0.15) is 33.6 Å². The maximum Gasteiger partial charge on any atom is 0.0786 e. The molecule has 0 spiro atoms. The van der Waals surface area contributed by atoms with E-state index in [0.717, 1.165) is 5.75 Å².